The Balaban J connectivity index is 5.13. The highest BCUT2D eigenvalue weighted by Gasteiger charge is 2.28. The fourth-order valence-electron chi connectivity index (χ4n) is 1.73. The number of carboxylic acids is 1. The largest absolute Gasteiger partial charge is 0.480 e. The first-order valence-corrected chi connectivity index (χ1v) is 8.75. The normalized spacial score (nSPS) is 13.8. The van der Waals surface area contributed by atoms with E-state index in [2.05, 4.69) is 41.2 Å². The summed E-state index contributed by atoms with van der Waals surface area (Å²) in [5.41, 5.74) is 10.2. The maximum atomic E-state index is 12.3. The number of primary amides is 1. The van der Waals surface area contributed by atoms with Crippen molar-refractivity contribution in [3.8, 4) is 0 Å². The number of rotatable bonds is 12. The SMILES string of the molecule is NCC(=O)NC(CS)C(=O)NC(CCC(N)=O)C(=O)NC(CS)C(=O)O. The fraction of sp³-hybridized carbons (Fsp3) is 0.615. The van der Waals surface area contributed by atoms with Crippen molar-refractivity contribution in [2.45, 2.75) is 31.0 Å². The zero-order chi connectivity index (χ0) is 20.3. The van der Waals surface area contributed by atoms with Crippen LogP contribution in [-0.4, -0.2) is 70.9 Å². The second-order valence-corrected chi connectivity index (χ2v) is 5.89. The van der Waals surface area contributed by atoms with Gasteiger partial charge in [0.05, 0.1) is 6.54 Å². The first-order chi connectivity index (χ1) is 12.2. The molecule has 26 heavy (non-hydrogen) atoms. The standard InChI is InChI=1S/C13H23N5O6S2/c14-3-10(20)16-7(4-25)12(22)17-6(1-2-9(15)19)11(21)18-8(5-26)13(23)24/h6-8,25-26H,1-5,14H2,(H2,15,19)(H,16,20)(H,17,22)(H,18,21)(H,23,24). The van der Waals surface area contributed by atoms with Gasteiger partial charge in [0.1, 0.15) is 18.1 Å². The Morgan fingerprint density at radius 2 is 1.38 bits per heavy atom. The Labute approximate surface area is 160 Å². The molecule has 0 aliphatic carbocycles. The van der Waals surface area contributed by atoms with E-state index in [0.29, 0.717) is 0 Å². The summed E-state index contributed by atoms with van der Waals surface area (Å²) in [6.45, 7) is -0.342. The minimum absolute atomic E-state index is 0.0733. The van der Waals surface area contributed by atoms with Crippen LogP contribution >= 0.6 is 25.3 Å². The predicted octanol–water partition coefficient (Wildman–Crippen LogP) is -3.39. The van der Waals surface area contributed by atoms with Crippen LogP contribution in [0, 0.1) is 0 Å². The molecule has 0 rings (SSSR count). The molecule has 3 unspecified atom stereocenters. The molecule has 0 aromatic heterocycles. The van der Waals surface area contributed by atoms with E-state index >= 15 is 0 Å². The molecule has 148 valence electrons. The topological polar surface area (TPSA) is 194 Å². The molecule has 0 saturated carbocycles. The van der Waals surface area contributed by atoms with Gasteiger partial charge in [-0.1, -0.05) is 0 Å². The molecule has 0 aliphatic heterocycles. The number of thiol groups is 2. The molecule has 0 aliphatic rings. The molecule has 0 bridgehead atoms. The van der Waals surface area contributed by atoms with E-state index in [1.165, 1.54) is 0 Å². The van der Waals surface area contributed by atoms with E-state index in [4.69, 9.17) is 16.6 Å². The molecule has 3 atom stereocenters. The van der Waals surface area contributed by atoms with Gasteiger partial charge in [0, 0.05) is 17.9 Å². The third-order valence-corrected chi connectivity index (χ3v) is 3.86. The summed E-state index contributed by atoms with van der Waals surface area (Å²) in [7, 11) is 0. The summed E-state index contributed by atoms with van der Waals surface area (Å²) in [6.07, 6.45) is -0.381. The summed E-state index contributed by atoms with van der Waals surface area (Å²) in [6, 6.07) is -3.59. The Morgan fingerprint density at radius 3 is 1.81 bits per heavy atom. The molecule has 8 N–H and O–H groups in total. The summed E-state index contributed by atoms with van der Waals surface area (Å²) in [4.78, 5) is 57.8. The molecule has 0 fully saturated rings. The maximum absolute atomic E-state index is 12.3. The van der Waals surface area contributed by atoms with Crippen LogP contribution in [0.25, 0.3) is 0 Å². The first-order valence-electron chi connectivity index (χ1n) is 7.49. The number of hydrogen-bond donors (Lipinski definition) is 8. The molecule has 0 spiro atoms. The second-order valence-electron chi connectivity index (χ2n) is 5.15. The zero-order valence-electron chi connectivity index (χ0n) is 13.8. The Bertz CT molecular complexity index is 547. The van der Waals surface area contributed by atoms with Crippen LogP contribution in [0.15, 0.2) is 0 Å². The van der Waals surface area contributed by atoms with Crippen LogP contribution in [0.2, 0.25) is 0 Å². The highest BCUT2D eigenvalue weighted by Crippen LogP contribution is 2.01. The molecule has 13 heteroatoms. The Hall–Kier alpha value is -1.99. The number of nitrogens with two attached hydrogens (primary N) is 2. The van der Waals surface area contributed by atoms with Crippen LogP contribution in [0.3, 0.4) is 0 Å². The first kappa shape index (κ1) is 24.0. The lowest BCUT2D eigenvalue weighted by molar-refractivity contribution is -0.141. The monoisotopic (exact) mass is 409 g/mol. The number of amides is 4. The minimum atomic E-state index is -1.31. The van der Waals surface area contributed by atoms with Crippen molar-refractivity contribution >= 4 is 54.9 Å². The number of carbonyl (C=O) groups is 5. The van der Waals surface area contributed by atoms with Crippen molar-refractivity contribution in [3.63, 3.8) is 0 Å². The molecule has 0 radical (unpaired) electrons. The van der Waals surface area contributed by atoms with Gasteiger partial charge in [0.15, 0.2) is 0 Å². The average Bonchev–Trinajstić information content (AvgIpc) is 2.59. The van der Waals surface area contributed by atoms with Gasteiger partial charge in [-0.2, -0.15) is 25.3 Å². The van der Waals surface area contributed by atoms with E-state index in [0.717, 1.165) is 0 Å². The number of nitrogens with one attached hydrogen (secondary N) is 3. The number of carboxylic acid groups (broad SMARTS) is 1. The summed E-state index contributed by atoms with van der Waals surface area (Å²) in [5.74, 6) is -4.44. The molecular formula is C13H23N5O6S2. The number of hydrogen-bond acceptors (Lipinski definition) is 8. The second kappa shape index (κ2) is 12.4. The molecule has 4 amide bonds. The van der Waals surface area contributed by atoms with E-state index in [9.17, 15) is 24.0 Å². The van der Waals surface area contributed by atoms with Crippen LogP contribution in [0.4, 0.5) is 0 Å². The van der Waals surface area contributed by atoms with Crippen LogP contribution in [0.1, 0.15) is 12.8 Å². The van der Waals surface area contributed by atoms with Gasteiger partial charge in [0.2, 0.25) is 23.6 Å². The van der Waals surface area contributed by atoms with Gasteiger partial charge in [-0.05, 0) is 6.42 Å². The third-order valence-electron chi connectivity index (χ3n) is 3.13. The van der Waals surface area contributed by atoms with Crippen LogP contribution < -0.4 is 27.4 Å². The van der Waals surface area contributed by atoms with Gasteiger partial charge in [-0.3, -0.25) is 19.2 Å². The highest BCUT2D eigenvalue weighted by molar-refractivity contribution is 7.80. The van der Waals surface area contributed by atoms with Crippen LogP contribution in [0.5, 0.6) is 0 Å². The Kier molecular flexibility index (Phi) is 11.4. The lowest BCUT2D eigenvalue weighted by Gasteiger charge is -2.23. The fourth-order valence-corrected chi connectivity index (χ4v) is 2.24. The van der Waals surface area contributed by atoms with E-state index in [1.54, 1.807) is 0 Å². The average molecular weight is 409 g/mol. The number of carbonyl (C=O) groups excluding carboxylic acids is 4. The molecule has 0 heterocycles. The third kappa shape index (κ3) is 8.92. The molecular weight excluding hydrogens is 386 g/mol. The number of aliphatic carboxylic acids is 1. The zero-order valence-corrected chi connectivity index (χ0v) is 15.6. The van der Waals surface area contributed by atoms with Crippen molar-refractivity contribution in [2.75, 3.05) is 18.1 Å². The lowest BCUT2D eigenvalue weighted by atomic mass is 10.1. The van der Waals surface area contributed by atoms with Crippen molar-refractivity contribution in [2.24, 2.45) is 11.5 Å². The quantitative estimate of drug-likeness (QED) is 0.154. The van der Waals surface area contributed by atoms with E-state index < -0.39 is 47.7 Å². The molecule has 0 saturated heterocycles. The van der Waals surface area contributed by atoms with Gasteiger partial charge < -0.3 is 32.5 Å². The van der Waals surface area contributed by atoms with Gasteiger partial charge >= 0.3 is 5.97 Å². The lowest BCUT2D eigenvalue weighted by Crippen LogP contribution is -2.57. The summed E-state index contributed by atoms with van der Waals surface area (Å²) < 4.78 is 0. The highest BCUT2D eigenvalue weighted by atomic mass is 32.1. The van der Waals surface area contributed by atoms with Crippen molar-refractivity contribution < 1.29 is 29.1 Å². The van der Waals surface area contributed by atoms with Crippen molar-refractivity contribution in [1.29, 1.82) is 0 Å². The summed E-state index contributed by atoms with van der Waals surface area (Å²) >= 11 is 7.77. The predicted molar refractivity (Wildman–Crippen MR) is 98.6 cm³/mol. The Morgan fingerprint density at radius 1 is 0.885 bits per heavy atom. The van der Waals surface area contributed by atoms with Gasteiger partial charge in [-0.25, -0.2) is 4.79 Å². The molecule has 11 nitrogen and oxygen atoms in total. The van der Waals surface area contributed by atoms with Crippen molar-refractivity contribution in [1.82, 2.24) is 16.0 Å². The van der Waals surface area contributed by atoms with Gasteiger partial charge in [-0.15, -0.1) is 0 Å². The van der Waals surface area contributed by atoms with Gasteiger partial charge in [0.25, 0.3) is 0 Å². The minimum Gasteiger partial charge on any atom is -0.480 e. The van der Waals surface area contributed by atoms with Crippen molar-refractivity contribution in [3.05, 3.63) is 0 Å². The molecule has 0 aromatic carbocycles. The summed E-state index contributed by atoms with van der Waals surface area (Å²) in [5, 5.41) is 15.8. The maximum Gasteiger partial charge on any atom is 0.327 e. The van der Waals surface area contributed by atoms with E-state index in [1.807, 2.05) is 0 Å². The van der Waals surface area contributed by atoms with E-state index in [-0.39, 0.29) is 30.9 Å². The van der Waals surface area contributed by atoms with Crippen LogP contribution in [-0.2, 0) is 24.0 Å². The molecule has 0 aromatic rings. The smallest absolute Gasteiger partial charge is 0.327 e.